The van der Waals surface area contributed by atoms with Gasteiger partial charge in [0.2, 0.25) is 0 Å². The summed E-state index contributed by atoms with van der Waals surface area (Å²) in [6, 6.07) is 9.44. The molecule has 1 aromatic carbocycles. The third-order valence-corrected chi connectivity index (χ3v) is 1.98. The molecule has 0 bridgehead atoms. The summed E-state index contributed by atoms with van der Waals surface area (Å²) in [5.74, 6) is 0. The Morgan fingerprint density at radius 1 is 1.36 bits per heavy atom. The number of alkyl halides is 1. The zero-order valence-corrected chi connectivity index (χ0v) is 7.32. The Hall–Kier alpha value is -0.830. The average Bonchev–Trinajstić information content (AvgIpc) is 2.07. The van der Waals surface area contributed by atoms with Gasteiger partial charge in [-0.25, -0.2) is 0 Å². The minimum atomic E-state index is -0.332. The van der Waals surface area contributed by atoms with Gasteiger partial charge in [0.05, 0.1) is 0 Å². The van der Waals surface area contributed by atoms with Gasteiger partial charge < -0.3 is 4.74 Å². The van der Waals surface area contributed by atoms with Crippen LogP contribution in [-0.2, 0) is 9.53 Å². The number of rotatable bonds is 3. The van der Waals surface area contributed by atoms with Crippen molar-refractivity contribution in [1.29, 1.82) is 0 Å². The van der Waals surface area contributed by atoms with Crippen molar-refractivity contribution in [3.8, 4) is 0 Å². The summed E-state index contributed by atoms with van der Waals surface area (Å²) in [6.45, 7) is 0.423. The fraction of sp³-hybridized carbons (Fsp3) is 0.125. The maximum absolute atomic E-state index is 9.94. The molecule has 1 aromatic rings. The normalized spacial score (nSPS) is 12.1. The van der Waals surface area contributed by atoms with E-state index in [2.05, 4.69) is 20.7 Å². The molecule has 1 rings (SSSR count). The van der Waals surface area contributed by atoms with Crippen LogP contribution in [0.4, 0.5) is 0 Å². The van der Waals surface area contributed by atoms with Crippen molar-refractivity contribution >= 4 is 22.4 Å². The van der Waals surface area contributed by atoms with Crippen molar-refractivity contribution in [2.75, 3.05) is 0 Å². The summed E-state index contributed by atoms with van der Waals surface area (Å²) >= 11 is 3.19. The van der Waals surface area contributed by atoms with Crippen LogP contribution in [-0.4, -0.2) is 6.47 Å². The highest BCUT2D eigenvalue weighted by molar-refractivity contribution is 9.09. The molecule has 0 aliphatic rings. The number of ether oxygens (including phenoxy) is 1. The summed E-state index contributed by atoms with van der Waals surface area (Å²) in [6.07, 6.45) is 0. The minimum Gasteiger partial charge on any atom is -0.448 e. The molecule has 11 heavy (non-hydrogen) atoms. The smallest absolute Gasteiger partial charge is 0.294 e. The molecule has 0 amide bonds. The molecule has 0 saturated heterocycles. The molecule has 0 aliphatic carbocycles. The van der Waals surface area contributed by atoms with Gasteiger partial charge >= 0.3 is 0 Å². The van der Waals surface area contributed by atoms with Crippen molar-refractivity contribution in [2.24, 2.45) is 0 Å². The summed E-state index contributed by atoms with van der Waals surface area (Å²) in [5.41, 5.74) is 0.930. The molecule has 0 radical (unpaired) electrons. The van der Waals surface area contributed by atoms with Gasteiger partial charge in [-0.05, 0) is 15.9 Å². The monoisotopic (exact) mass is 214 g/mol. The Morgan fingerprint density at radius 2 is 2.00 bits per heavy atom. The van der Waals surface area contributed by atoms with Gasteiger partial charge in [-0.1, -0.05) is 30.3 Å². The number of carbonyl (C=O) groups is 1. The van der Waals surface area contributed by atoms with Crippen LogP contribution in [0, 0.1) is 0 Å². The largest absolute Gasteiger partial charge is 0.448 e. The number of hydrogen-bond donors (Lipinski definition) is 0. The first kappa shape index (κ1) is 8.27. The first-order valence-corrected chi connectivity index (χ1v) is 4.04. The van der Waals surface area contributed by atoms with Crippen molar-refractivity contribution in [3.05, 3.63) is 35.9 Å². The van der Waals surface area contributed by atoms with Crippen LogP contribution in [0.3, 0.4) is 0 Å². The molecule has 0 saturated carbocycles. The zero-order valence-electron chi connectivity index (χ0n) is 5.74. The van der Waals surface area contributed by atoms with E-state index in [1.807, 2.05) is 30.3 Å². The van der Waals surface area contributed by atoms with Crippen LogP contribution >= 0.6 is 15.9 Å². The van der Waals surface area contributed by atoms with Gasteiger partial charge in [-0.3, -0.25) is 4.79 Å². The number of carbonyl (C=O) groups excluding carboxylic acids is 1. The lowest BCUT2D eigenvalue weighted by Crippen LogP contribution is -1.93. The van der Waals surface area contributed by atoms with Gasteiger partial charge in [0.1, 0.15) is 0 Å². The molecule has 1 unspecified atom stereocenters. The molecule has 58 valence electrons. The molecule has 1 atom stereocenters. The van der Waals surface area contributed by atoms with Crippen LogP contribution < -0.4 is 0 Å². The van der Waals surface area contributed by atoms with E-state index in [0.717, 1.165) is 5.56 Å². The Balaban J connectivity index is 2.68. The van der Waals surface area contributed by atoms with E-state index in [-0.39, 0.29) is 5.01 Å². The number of hydrogen-bond acceptors (Lipinski definition) is 2. The molecule has 0 heterocycles. The number of benzene rings is 1. The number of halogens is 1. The van der Waals surface area contributed by atoms with Crippen LogP contribution in [0.25, 0.3) is 0 Å². The van der Waals surface area contributed by atoms with E-state index >= 15 is 0 Å². The average molecular weight is 215 g/mol. The topological polar surface area (TPSA) is 26.3 Å². The predicted molar refractivity (Wildman–Crippen MR) is 45.3 cm³/mol. The maximum atomic E-state index is 9.94. The molecule has 3 heteroatoms. The van der Waals surface area contributed by atoms with Gasteiger partial charge in [-0.15, -0.1) is 0 Å². The summed E-state index contributed by atoms with van der Waals surface area (Å²) in [4.78, 5) is 9.94. The van der Waals surface area contributed by atoms with Crippen molar-refractivity contribution in [3.63, 3.8) is 0 Å². The van der Waals surface area contributed by atoms with E-state index in [1.54, 1.807) is 0 Å². The Labute approximate surface area is 73.3 Å². The zero-order chi connectivity index (χ0) is 8.10. The van der Waals surface area contributed by atoms with Crippen molar-refractivity contribution in [2.45, 2.75) is 5.01 Å². The fourth-order valence-corrected chi connectivity index (χ4v) is 1.13. The highest BCUT2D eigenvalue weighted by Gasteiger charge is 2.04. The second-order valence-electron chi connectivity index (χ2n) is 1.96. The Morgan fingerprint density at radius 3 is 2.55 bits per heavy atom. The highest BCUT2D eigenvalue weighted by atomic mass is 79.9. The second kappa shape index (κ2) is 4.13. The lowest BCUT2D eigenvalue weighted by molar-refractivity contribution is -0.129. The lowest BCUT2D eigenvalue weighted by atomic mass is 10.2. The molecule has 0 aliphatic heterocycles. The second-order valence-corrected chi connectivity index (χ2v) is 2.79. The maximum Gasteiger partial charge on any atom is 0.294 e. The SMILES string of the molecule is O=COC(Br)c1ccccc1. The first-order valence-electron chi connectivity index (χ1n) is 3.12. The van der Waals surface area contributed by atoms with E-state index in [9.17, 15) is 4.79 Å². The summed E-state index contributed by atoms with van der Waals surface area (Å²) < 4.78 is 4.66. The molecule has 0 fully saturated rings. The molecule has 0 spiro atoms. The third kappa shape index (κ3) is 2.35. The Bertz CT molecular complexity index is 223. The summed E-state index contributed by atoms with van der Waals surface area (Å²) in [5, 5.41) is -0.332. The van der Waals surface area contributed by atoms with Crippen molar-refractivity contribution < 1.29 is 9.53 Å². The molecule has 0 aromatic heterocycles. The van der Waals surface area contributed by atoms with E-state index in [0.29, 0.717) is 6.47 Å². The van der Waals surface area contributed by atoms with Crippen LogP contribution in [0.5, 0.6) is 0 Å². The quantitative estimate of drug-likeness (QED) is 0.570. The van der Waals surface area contributed by atoms with E-state index in [4.69, 9.17) is 0 Å². The van der Waals surface area contributed by atoms with Crippen molar-refractivity contribution in [1.82, 2.24) is 0 Å². The van der Waals surface area contributed by atoms with Crippen LogP contribution in [0.1, 0.15) is 10.6 Å². The van der Waals surface area contributed by atoms with Gasteiger partial charge in [0.25, 0.3) is 6.47 Å². The standard InChI is InChI=1S/C8H7BrO2/c9-8(11-6-10)7-4-2-1-3-5-7/h1-6,8H. The van der Waals surface area contributed by atoms with E-state index in [1.165, 1.54) is 0 Å². The summed E-state index contributed by atoms with van der Waals surface area (Å²) in [7, 11) is 0. The van der Waals surface area contributed by atoms with Crippen LogP contribution in [0.15, 0.2) is 30.3 Å². The third-order valence-electron chi connectivity index (χ3n) is 1.24. The Kier molecular flexibility index (Phi) is 3.11. The molecular formula is C8H7BrO2. The van der Waals surface area contributed by atoms with Gasteiger partial charge in [-0.2, -0.15) is 0 Å². The van der Waals surface area contributed by atoms with Crippen LogP contribution in [0.2, 0.25) is 0 Å². The predicted octanol–water partition coefficient (Wildman–Crippen LogP) is 2.25. The fourth-order valence-electron chi connectivity index (χ4n) is 0.732. The lowest BCUT2D eigenvalue weighted by Gasteiger charge is -2.06. The van der Waals surface area contributed by atoms with Gasteiger partial charge in [0, 0.05) is 5.56 Å². The molecule has 0 N–H and O–H groups in total. The van der Waals surface area contributed by atoms with Gasteiger partial charge in [0.15, 0.2) is 5.01 Å². The van der Waals surface area contributed by atoms with E-state index < -0.39 is 0 Å². The molecular weight excluding hydrogens is 208 g/mol. The minimum absolute atomic E-state index is 0.332. The highest BCUT2D eigenvalue weighted by Crippen LogP contribution is 2.21. The first-order chi connectivity index (χ1) is 5.34. The molecule has 2 nitrogen and oxygen atoms in total.